The van der Waals surface area contributed by atoms with Gasteiger partial charge in [0.2, 0.25) is 0 Å². The highest BCUT2D eigenvalue weighted by Gasteiger charge is 1.96. The Hall–Kier alpha value is -1.37. The van der Waals surface area contributed by atoms with E-state index in [1.807, 2.05) is 42.5 Å². The van der Waals surface area contributed by atoms with E-state index in [0.717, 1.165) is 27.1 Å². The van der Waals surface area contributed by atoms with Crippen LogP contribution in [0.2, 0.25) is 0 Å². The van der Waals surface area contributed by atoms with Crippen LogP contribution < -0.4 is 0 Å². The molecule has 1 nitrogen and oxygen atoms in total. The molecule has 0 radical (unpaired) electrons. The third-order valence-corrected chi connectivity index (χ3v) is 2.40. The van der Waals surface area contributed by atoms with Crippen LogP contribution in [0, 0.1) is 4.61 Å². The molecule has 0 atom stereocenters. The zero-order valence-electron chi connectivity index (χ0n) is 6.40. The lowest BCUT2D eigenvalue weighted by molar-refractivity contribution is 1.53. The second-order valence-corrected chi connectivity index (χ2v) is 3.19. The highest BCUT2D eigenvalue weighted by molar-refractivity contribution is 7.85. The Morgan fingerprint density at radius 2 is 1.67 bits per heavy atom. The average Bonchev–Trinajstić information content (AvgIpc) is 2.17. The van der Waals surface area contributed by atoms with E-state index in [-0.39, 0.29) is 0 Å². The predicted molar refractivity (Wildman–Crippen MR) is 51.5 cm³/mol. The lowest BCUT2D eigenvalue weighted by atomic mass is 10.1. The minimum Gasteiger partial charge on any atom is -0.172 e. The van der Waals surface area contributed by atoms with Gasteiger partial charge < -0.3 is 0 Å². The lowest BCUT2D eigenvalue weighted by Gasteiger charge is -1.96. The number of benzene rings is 2. The SMILES string of the molecule is N#Sc1cccc2ccccc12. The normalized spacial score (nSPS) is 9.92. The number of hydrogen-bond donors (Lipinski definition) is 0. The second-order valence-electron chi connectivity index (χ2n) is 2.57. The zero-order chi connectivity index (χ0) is 8.39. The second kappa shape index (κ2) is 2.94. The molecule has 12 heavy (non-hydrogen) atoms. The fourth-order valence-corrected chi connectivity index (χ4v) is 1.70. The molecule has 58 valence electrons. The largest absolute Gasteiger partial charge is 0.172 e. The standard InChI is InChI=1S/C10H7NS/c11-12-10-7-3-5-8-4-1-2-6-9(8)10/h1-7H. The van der Waals surface area contributed by atoms with Gasteiger partial charge in [0.25, 0.3) is 0 Å². The van der Waals surface area contributed by atoms with Gasteiger partial charge in [0.1, 0.15) is 0 Å². The lowest BCUT2D eigenvalue weighted by Crippen LogP contribution is -1.72. The van der Waals surface area contributed by atoms with E-state index in [1.54, 1.807) is 0 Å². The molecule has 2 aromatic carbocycles. The summed E-state index contributed by atoms with van der Waals surface area (Å²) in [4.78, 5) is 0.910. The summed E-state index contributed by atoms with van der Waals surface area (Å²) in [6.45, 7) is 0. The third-order valence-electron chi connectivity index (χ3n) is 1.85. The number of rotatable bonds is 0. The van der Waals surface area contributed by atoms with Gasteiger partial charge in [0.05, 0.1) is 16.3 Å². The number of nitrogens with zero attached hydrogens (tertiary/aromatic N) is 1. The summed E-state index contributed by atoms with van der Waals surface area (Å²) in [6.07, 6.45) is 0. The van der Waals surface area contributed by atoms with E-state index in [1.165, 1.54) is 0 Å². The maximum Gasteiger partial charge on any atom is 0.0693 e. The topological polar surface area (TPSA) is 23.8 Å². The summed E-state index contributed by atoms with van der Waals surface area (Å²) in [6, 6.07) is 13.9. The van der Waals surface area contributed by atoms with Crippen molar-refractivity contribution in [3.8, 4) is 0 Å². The first-order chi connectivity index (χ1) is 5.92. The molecular formula is C10H7NS. The molecule has 0 aliphatic heterocycles. The maximum atomic E-state index is 8.95. The minimum atomic E-state index is 0.798. The summed E-state index contributed by atoms with van der Waals surface area (Å²) < 4.78 is 8.95. The van der Waals surface area contributed by atoms with E-state index >= 15 is 0 Å². The Labute approximate surface area is 74.6 Å². The Bertz CT molecular complexity index is 451. The van der Waals surface area contributed by atoms with Crippen LogP contribution in [-0.4, -0.2) is 0 Å². The van der Waals surface area contributed by atoms with Gasteiger partial charge >= 0.3 is 0 Å². The first-order valence-electron chi connectivity index (χ1n) is 3.71. The summed E-state index contributed by atoms with van der Waals surface area (Å²) in [7, 11) is 0. The van der Waals surface area contributed by atoms with Gasteiger partial charge in [-0.1, -0.05) is 36.4 Å². The maximum absolute atomic E-state index is 8.95. The van der Waals surface area contributed by atoms with Gasteiger partial charge in [-0.2, -0.15) is 4.61 Å². The van der Waals surface area contributed by atoms with Gasteiger partial charge in [-0.3, -0.25) is 0 Å². The van der Waals surface area contributed by atoms with Crippen LogP contribution >= 0.6 is 11.4 Å². The molecule has 2 aromatic rings. The van der Waals surface area contributed by atoms with E-state index in [2.05, 4.69) is 0 Å². The predicted octanol–water partition coefficient (Wildman–Crippen LogP) is 3.41. The molecule has 2 rings (SSSR count). The van der Waals surface area contributed by atoms with E-state index in [0.29, 0.717) is 0 Å². The number of fused-ring (bicyclic) bond motifs is 1. The van der Waals surface area contributed by atoms with Crippen molar-refractivity contribution in [1.29, 1.82) is 4.61 Å². The van der Waals surface area contributed by atoms with Crippen molar-refractivity contribution in [1.82, 2.24) is 0 Å². The van der Waals surface area contributed by atoms with Crippen molar-refractivity contribution < 1.29 is 0 Å². The fourth-order valence-electron chi connectivity index (χ4n) is 1.28. The minimum absolute atomic E-state index is 0.798. The molecule has 0 heterocycles. The summed E-state index contributed by atoms with van der Waals surface area (Å²) >= 11 is 0.798. The van der Waals surface area contributed by atoms with Crippen molar-refractivity contribution in [2.24, 2.45) is 0 Å². The van der Waals surface area contributed by atoms with Crippen LogP contribution in [0.5, 0.6) is 0 Å². The van der Waals surface area contributed by atoms with Crippen LogP contribution in [-0.2, 0) is 0 Å². The first-order valence-corrected chi connectivity index (χ1v) is 4.48. The average molecular weight is 173 g/mol. The van der Waals surface area contributed by atoms with Crippen molar-refractivity contribution >= 4 is 22.2 Å². The highest BCUT2D eigenvalue weighted by Crippen LogP contribution is 2.21. The van der Waals surface area contributed by atoms with Crippen molar-refractivity contribution in [3.63, 3.8) is 0 Å². The molecule has 0 fully saturated rings. The molecule has 0 aliphatic carbocycles. The molecule has 0 saturated heterocycles. The van der Waals surface area contributed by atoms with Crippen LogP contribution in [0.15, 0.2) is 47.4 Å². The van der Waals surface area contributed by atoms with Crippen molar-refractivity contribution in [2.45, 2.75) is 4.90 Å². The van der Waals surface area contributed by atoms with Crippen LogP contribution in [0.1, 0.15) is 0 Å². The summed E-state index contributed by atoms with van der Waals surface area (Å²) in [5.41, 5.74) is 0. The third kappa shape index (κ3) is 1.07. The van der Waals surface area contributed by atoms with E-state index in [4.69, 9.17) is 4.61 Å². The van der Waals surface area contributed by atoms with E-state index in [9.17, 15) is 0 Å². The number of hydrogen-bond acceptors (Lipinski definition) is 1. The molecule has 0 N–H and O–H groups in total. The summed E-state index contributed by atoms with van der Waals surface area (Å²) in [5.74, 6) is 0. The highest BCUT2D eigenvalue weighted by atomic mass is 32.1. The fraction of sp³-hybridized carbons (Fsp3) is 0. The van der Waals surface area contributed by atoms with Crippen molar-refractivity contribution in [3.05, 3.63) is 42.5 Å². The Morgan fingerprint density at radius 1 is 0.917 bits per heavy atom. The molecule has 0 aliphatic rings. The molecule has 0 unspecified atom stereocenters. The van der Waals surface area contributed by atoms with Gasteiger partial charge in [-0.05, 0) is 11.5 Å². The van der Waals surface area contributed by atoms with Gasteiger partial charge in [0.15, 0.2) is 0 Å². The molecule has 0 aromatic heterocycles. The van der Waals surface area contributed by atoms with Crippen LogP contribution in [0.4, 0.5) is 0 Å². The smallest absolute Gasteiger partial charge is 0.0693 e. The zero-order valence-corrected chi connectivity index (χ0v) is 7.21. The van der Waals surface area contributed by atoms with Crippen molar-refractivity contribution in [2.75, 3.05) is 0 Å². The molecule has 2 heteroatoms. The quantitative estimate of drug-likeness (QED) is 0.599. The summed E-state index contributed by atoms with van der Waals surface area (Å²) in [5, 5.41) is 2.27. The molecule has 0 amide bonds. The van der Waals surface area contributed by atoms with E-state index < -0.39 is 0 Å². The first kappa shape index (κ1) is 7.29. The van der Waals surface area contributed by atoms with Gasteiger partial charge in [-0.15, -0.1) is 0 Å². The molecule has 0 saturated carbocycles. The van der Waals surface area contributed by atoms with Crippen LogP contribution in [0.25, 0.3) is 10.8 Å². The van der Waals surface area contributed by atoms with Crippen LogP contribution in [0.3, 0.4) is 0 Å². The Morgan fingerprint density at radius 3 is 2.50 bits per heavy atom. The molecule has 0 spiro atoms. The molecule has 0 bridgehead atoms. The monoisotopic (exact) mass is 173 g/mol. The Balaban J connectivity index is 2.91. The Kier molecular flexibility index (Phi) is 1.78. The molecular weight excluding hydrogens is 166 g/mol. The van der Waals surface area contributed by atoms with Gasteiger partial charge in [0, 0.05) is 5.39 Å². The van der Waals surface area contributed by atoms with Gasteiger partial charge in [-0.25, -0.2) is 0 Å².